The second kappa shape index (κ2) is 8.99. The van der Waals surface area contributed by atoms with Crippen molar-refractivity contribution in [2.45, 2.75) is 51.1 Å². The molecule has 1 fully saturated rings. The number of anilines is 1. The molecule has 0 radical (unpaired) electrons. The lowest BCUT2D eigenvalue weighted by Gasteiger charge is -2.11. The highest BCUT2D eigenvalue weighted by Crippen LogP contribution is 2.21. The number of nitrogens with zero attached hydrogens (tertiary/aromatic N) is 4. The molecule has 0 spiro atoms. The van der Waals surface area contributed by atoms with Crippen molar-refractivity contribution in [1.29, 1.82) is 0 Å². The number of carbonyl (C=O) groups is 2. The number of thiophene rings is 1. The highest BCUT2D eigenvalue weighted by Gasteiger charge is 2.17. The molecule has 29 heavy (non-hydrogen) atoms. The van der Waals surface area contributed by atoms with Gasteiger partial charge in [-0.25, -0.2) is 0 Å². The molecule has 0 unspecified atom stereocenters. The second-order valence-corrected chi connectivity index (χ2v) is 7.96. The van der Waals surface area contributed by atoms with Gasteiger partial charge < -0.3 is 15.2 Å². The molecule has 0 aliphatic heterocycles. The Hall–Kier alpha value is -3.01. The molecule has 10 heteroatoms. The Kier molecular flexibility index (Phi) is 5.99. The van der Waals surface area contributed by atoms with Gasteiger partial charge in [0.15, 0.2) is 0 Å². The van der Waals surface area contributed by atoms with Crippen LogP contribution in [0.1, 0.15) is 38.0 Å². The predicted molar refractivity (Wildman–Crippen MR) is 107 cm³/mol. The first-order valence-electron chi connectivity index (χ1n) is 9.64. The van der Waals surface area contributed by atoms with Gasteiger partial charge in [0.25, 0.3) is 0 Å². The zero-order valence-electron chi connectivity index (χ0n) is 15.8. The molecule has 1 saturated carbocycles. The Morgan fingerprint density at radius 2 is 2.14 bits per heavy atom. The fourth-order valence-electron chi connectivity index (χ4n) is 3.31. The Balaban J connectivity index is 1.22. The molecule has 0 bridgehead atoms. The summed E-state index contributed by atoms with van der Waals surface area (Å²) >= 11 is 1.53. The maximum absolute atomic E-state index is 12.2. The number of carbonyl (C=O) groups excluding carboxylic acids is 2. The van der Waals surface area contributed by atoms with Crippen molar-refractivity contribution in [2.75, 3.05) is 5.32 Å². The van der Waals surface area contributed by atoms with Crippen LogP contribution in [0.5, 0.6) is 0 Å². The summed E-state index contributed by atoms with van der Waals surface area (Å²) in [6.45, 7) is 0.139. The van der Waals surface area contributed by atoms with E-state index in [9.17, 15) is 9.59 Å². The van der Waals surface area contributed by atoms with Crippen molar-refractivity contribution in [1.82, 2.24) is 25.2 Å². The van der Waals surface area contributed by atoms with Gasteiger partial charge in [-0.3, -0.25) is 14.3 Å². The molecule has 9 nitrogen and oxygen atoms in total. The number of amides is 2. The van der Waals surface area contributed by atoms with Gasteiger partial charge in [-0.05, 0) is 24.3 Å². The van der Waals surface area contributed by atoms with Gasteiger partial charge in [0, 0.05) is 25.1 Å². The molecule has 152 valence electrons. The topological polar surface area (TPSA) is 115 Å². The van der Waals surface area contributed by atoms with Crippen molar-refractivity contribution in [3.8, 4) is 10.7 Å². The fourth-order valence-corrected chi connectivity index (χ4v) is 3.96. The van der Waals surface area contributed by atoms with Crippen LogP contribution in [0.3, 0.4) is 0 Å². The summed E-state index contributed by atoms with van der Waals surface area (Å²) in [6.07, 6.45) is 8.16. The number of rotatable bonds is 8. The third-order valence-corrected chi connectivity index (χ3v) is 5.58. The summed E-state index contributed by atoms with van der Waals surface area (Å²) in [5, 5.41) is 15.8. The van der Waals surface area contributed by atoms with Gasteiger partial charge in [0.1, 0.15) is 6.54 Å². The van der Waals surface area contributed by atoms with E-state index in [1.165, 1.54) is 35.1 Å². The molecule has 3 aromatic rings. The molecule has 3 heterocycles. The first-order valence-corrected chi connectivity index (χ1v) is 10.5. The molecule has 0 atom stereocenters. The maximum Gasteiger partial charge on any atom is 0.241 e. The van der Waals surface area contributed by atoms with Gasteiger partial charge in [-0.2, -0.15) is 10.1 Å². The summed E-state index contributed by atoms with van der Waals surface area (Å²) in [4.78, 5) is 29.5. The Labute approximate surface area is 171 Å². The minimum atomic E-state index is -0.184. The van der Waals surface area contributed by atoms with Crippen LogP contribution >= 0.6 is 11.3 Å². The number of aryl methyl sites for hydroxylation is 1. The molecule has 4 rings (SSSR count). The second-order valence-electron chi connectivity index (χ2n) is 7.01. The maximum atomic E-state index is 12.2. The summed E-state index contributed by atoms with van der Waals surface area (Å²) in [6, 6.07) is 4.11. The first-order chi connectivity index (χ1) is 14.2. The first kappa shape index (κ1) is 19.3. The summed E-state index contributed by atoms with van der Waals surface area (Å²) in [5.74, 6) is 0.710. The standard InChI is InChI=1S/C19H22N6O3S/c26-16(7-8-18-23-19(24-28-18)15-6-3-9-29-15)22-14-10-20-25(11-14)12-17(27)21-13-4-1-2-5-13/h3,6,9-11,13H,1-2,4-5,7-8,12H2,(H,21,27)(H,22,26). The van der Waals surface area contributed by atoms with Gasteiger partial charge in [-0.15, -0.1) is 11.3 Å². The molecule has 1 aliphatic carbocycles. The van der Waals surface area contributed by atoms with Crippen molar-refractivity contribution >= 4 is 28.8 Å². The van der Waals surface area contributed by atoms with Crippen molar-refractivity contribution in [3.05, 3.63) is 35.8 Å². The average Bonchev–Trinajstić information content (AvgIpc) is 3.48. The zero-order chi connectivity index (χ0) is 20.1. The van der Waals surface area contributed by atoms with E-state index in [0.717, 1.165) is 17.7 Å². The summed E-state index contributed by atoms with van der Waals surface area (Å²) < 4.78 is 6.72. The van der Waals surface area contributed by atoms with E-state index in [1.54, 1.807) is 6.20 Å². The van der Waals surface area contributed by atoms with Gasteiger partial charge >= 0.3 is 0 Å². The predicted octanol–water partition coefficient (Wildman–Crippen LogP) is 2.62. The van der Waals surface area contributed by atoms with E-state index in [0.29, 0.717) is 23.8 Å². The van der Waals surface area contributed by atoms with Crippen LogP contribution < -0.4 is 10.6 Å². The number of nitrogens with one attached hydrogen (secondary N) is 2. The Morgan fingerprint density at radius 1 is 1.28 bits per heavy atom. The molecule has 1 aliphatic rings. The van der Waals surface area contributed by atoms with E-state index in [4.69, 9.17) is 4.52 Å². The monoisotopic (exact) mass is 414 g/mol. The SMILES string of the molecule is O=C(CCc1nc(-c2cccs2)no1)Nc1cnn(CC(=O)NC2CCCC2)c1. The molecule has 0 saturated heterocycles. The van der Waals surface area contributed by atoms with E-state index >= 15 is 0 Å². The van der Waals surface area contributed by atoms with Crippen LogP contribution in [-0.2, 0) is 22.6 Å². The average molecular weight is 414 g/mol. The van der Waals surface area contributed by atoms with Gasteiger partial charge in [-0.1, -0.05) is 24.1 Å². The zero-order valence-corrected chi connectivity index (χ0v) is 16.7. The van der Waals surface area contributed by atoms with Gasteiger partial charge in [0.05, 0.1) is 16.8 Å². The summed E-state index contributed by atoms with van der Waals surface area (Å²) in [7, 11) is 0. The highest BCUT2D eigenvalue weighted by molar-refractivity contribution is 7.13. The minimum Gasteiger partial charge on any atom is -0.352 e. The normalized spacial score (nSPS) is 14.2. The fraction of sp³-hybridized carbons (Fsp3) is 0.421. The molecule has 2 amide bonds. The number of hydrogen-bond acceptors (Lipinski definition) is 7. The molecule has 3 aromatic heterocycles. The Bertz CT molecular complexity index is 958. The molecule has 2 N–H and O–H groups in total. The lowest BCUT2D eigenvalue weighted by atomic mass is 10.2. The van der Waals surface area contributed by atoms with Crippen LogP contribution in [-0.4, -0.2) is 37.8 Å². The quantitative estimate of drug-likeness (QED) is 0.585. The smallest absolute Gasteiger partial charge is 0.241 e. The highest BCUT2D eigenvalue weighted by atomic mass is 32.1. The molecular weight excluding hydrogens is 392 g/mol. The largest absolute Gasteiger partial charge is 0.352 e. The van der Waals surface area contributed by atoms with Crippen LogP contribution in [0.25, 0.3) is 10.7 Å². The summed E-state index contributed by atoms with van der Waals surface area (Å²) in [5.41, 5.74) is 0.550. The number of aromatic nitrogens is 4. The van der Waals surface area contributed by atoms with Crippen molar-refractivity contribution < 1.29 is 14.1 Å². The van der Waals surface area contributed by atoms with E-state index < -0.39 is 0 Å². The third-order valence-electron chi connectivity index (χ3n) is 4.72. The van der Waals surface area contributed by atoms with Crippen molar-refractivity contribution in [2.24, 2.45) is 0 Å². The number of hydrogen-bond donors (Lipinski definition) is 2. The van der Waals surface area contributed by atoms with Crippen LogP contribution in [0.4, 0.5) is 5.69 Å². The molecule has 0 aromatic carbocycles. The minimum absolute atomic E-state index is 0.0594. The van der Waals surface area contributed by atoms with Crippen molar-refractivity contribution in [3.63, 3.8) is 0 Å². The van der Waals surface area contributed by atoms with Crippen LogP contribution in [0.2, 0.25) is 0 Å². The van der Waals surface area contributed by atoms with Crippen LogP contribution in [0.15, 0.2) is 34.4 Å². The van der Waals surface area contributed by atoms with Gasteiger partial charge in [0.2, 0.25) is 23.5 Å². The molecular formula is C19H22N6O3S. The lowest BCUT2D eigenvalue weighted by molar-refractivity contribution is -0.122. The third kappa shape index (κ3) is 5.29. The van der Waals surface area contributed by atoms with Crippen LogP contribution in [0, 0.1) is 0 Å². The van der Waals surface area contributed by atoms with E-state index in [1.807, 2.05) is 17.5 Å². The Morgan fingerprint density at radius 3 is 2.93 bits per heavy atom. The lowest BCUT2D eigenvalue weighted by Crippen LogP contribution is -2.35. The van der Waals surface area contributed by atoms with E-state index in [2.05, 4.69) is 25.9 Å². The van der Waals surface area contributed by atoms with E-state index in [-0.39, 0.29) is 30.8 Å².